The molecule has 0 N–H and O–H groups in total. The van der Waals surface area contributed by atoms with Crippen LogP contribution in [0.2, 0.25) is 0 Å². The molecule has 2 nitrogen and oxygen atoms in total. The van der Waals surface area contributed by atoms with Crippen molar-refractivity contribution in [3.8, 4) is 0 Å². The number of rotatable bonds is 2. The molecule has 1 aromatic rings. The zero-order chi connectivity index (χ0) is 13.9. The first-order chi connectivity index (χ1) is 9.79. The molecular weight excluding hydrogens is 328 g/mol. The number of ether oxygens (including phenoxy) is 1. The van der Waals surface area contributed by atoms with Crippen molar-refractivity contribution < 1.29 is 9.53 Å². The van der Waals surface area contributed by atoms with E-state index in [-0.39, 0.29) is 5.97 Å². The predicted molar refractivity (Wildman–Crippen MR) is 91.9 cm³/mol. The van der Waals surface area contributed by atoms with Crippen molar-refractivity contribution in [3.63, 3.8) is 0 Å². The van der Waals surface area contributed by atoms with Crippen molar-refractivity contribution in [2.75, 3.05) is 7.11 Å². The van der Waals surface area contributed by atoms with Crippen LogP contribution in [0.1, 0.15) is 5.56 Å². The number of carbonyl (C=O) groups is 1. The Morgan fingerprint density at radius 3 is 2.35 bits per heavy atom. The largest absolute Gasteiger partial charge is 0.465 e. The zero-order valence-electron chi connectivity index (χ0n) is 10.5. The highest BCUT2D eigenvalue weighted by Gasteiger charge is 2.30. The lowest BCUT2D eigenvalue weighted by molar-refractivity contribution is -0.135. The average molecular weight is 338 g/mol. The van der Waals surface area contributed by atoms with E-state index >= 15 is 0 Å². The standard InChI is InChI=1S/C14H10O2S4/c1-16-12(15)11-10(9-5-3-2-4-6-9)19-14(20-11)13-17-7-8-18-13/h2-8H,1H3. The van der Waals surface area contributed by atoms with Gasteiger partial charge < -0.3 is 4.74 Å². The molecule has 6 heteroatoms. The topological polar surface area (TPSA) is 26.3 Å². The van der Waals surface area contributed by atoms with E-state index in [1.807, 2.05) is 30.3 Å². The number of hydrogen-bond acceptors (Lipinski definition) is 6. The second kappa shape index (κ2) is 6.39. The molecule has 0 fully saturated rings. The van der Waals surface area contributed by atoms with Gasteiger partial charge in [-0.15, -0.1) is 0 Å². The van der Waals surface area contributed by atoms with Crippen molar-refractivity contribution in [2.45, 2.75) is 0 Å². The van der Waals surface area contributed by atoms with E-state index in [0.29, 0.717) is 4.91 Å². The molecule has 102 valence electrons. The lowest BCUT2D eigenvalue weighted by Crippen LogP contribution is -2.01. The highest BCUT2D eigenvalue weighted by atomic mass is 32.2. The molecule has 0 aliphatic carbocycles. The van der Waals surface area contributed by atoms with Gasteiger partial charge in [0.25, 0.3) is 0 Å². The van der Waals surface area contributed by atoms with Gasteiger partial charge in [0.2, 0.25) is 0 Å². The van der Waals surface area contributed by atoms with Crippen LogP contribution in [0, 0.1) is 0 Å². The summed E-state index contributed by atoms with van der Waals surface area (Å²) in [6.45, 7) is 0. The van der Waals surface area contributed by atoms with Gasteiger partial charge in [-0.1, -0.05) is 77.4 Å². The van der Waals surface area contributed by atoms with Crippen LogP contribution in [0.4, 0.5) is 0 Å². The first kappa shape index (κ1) is 14.3. The average Bonchev–Trinajstić information content (AvgIpc) is 3.16. The van der Waals surface area contributed by atoms with E-state index in [2.05, 4.69) is 10.8 Å². The maximum Gasteiger partial charge on any atom is 0.345 e. The third kappa shape index (κ3) is 2.83. The van der Waals surface area contributed by atoms with E-state index in [4.69, 9.17) is 4.74 Å². The fraction of sp³-hybridized carbons (Fsp3) is 0.0714. The Labute approximate surface area is 134 Å². The maximum atomic E-state index is 12.0. The van der Waals surface area contributed by atoms with Gasteiger partial charge in [-0.3, -0.25) is 0 Å². The van der Waals surface area contributed by atoms with Crippen LogP contribution in [0.5, 0.6) is 0 Å². The van der Waals surface area contributed by atoms with Gasteiger partial charge in [-0.25, -0.2) is 4.79 Å². The summed E-state index contributed by atoms with van der Waals surface area (Å²) in [6.07, 6.45) is 0. The summed E-state index contributed by atoms with van der Waals surface area (Å²) in [4.78, 5) is 13.7. The fourth-order valence-corrected chi connectivity index (χ4v) is 6.47. The molecule has 0 spiro atoms. The normalized spacial score (nSPS) is 18.1. The van der Waals surface area contributed by atoms with Crippen molar-refractivity contribution >= 4 is 57.9 Å². The van der Waals surface area contributed by atoms with Crippen LogP contribution in [0.15, 0.2) is 54.5 Å². The molecule has 0 saturated heterocycles. The van der Waals surface area contributed by atoms with E-state index in [1.54, 1.807) is 35.3 Å². The summed E-state index contributed by atoms with van der Waals surface area (Å²) in [5, 5.41) is 4.12. The number of benzene rings is 1. The van der Waals surface area contributed by atoms with Crippen LogP contribution in [-0.4, -0.2) is 13.1 Å². The van der Waals surface area contributed by atoms with Crippen molar-refractivity contribution in [1.82, 2.24) is 0 Å². The Morgan fingerprint density at radius 1 is 1.00 bits per heavy atom. The summed E-state index contributed by atoms with van der Waals surface area (Å²) in [6, 6.07) is 9.97. The quantitative estimate of drug-likeness (QED) is 0.697. The first-order valence-electron chi connectivity index (χ1n) is 5.76. The molecule has 0 radical (unpaired) electrons. The molecule has 2 aliphatic rings. The zero-order valence-corrected chi connectivity index (χ0v) is 13.8. The molecule has 3 rings (SSSR count). The van der Waals surface area contributed by atoms with E-state index in [1.165, 1.54) is 23.1 Å². The lowest BCUT2D eigenvalue weighted by Gasteiger charge is -2.03. The van der Waals surface area contributed by atoms with Gasteiger partial charge in [0.1, 0.15) is 4.91 Å². The Hall–Kier alpha value is -0.690. The minimum absolute atomic E-state index is 0.266. The molecule has 0 atom stereocenters. The second-order valence-electron chi connectivity index (χ2n) is 3.80. The molecule has 0 aromatic heterocycles. The second-order valence-corrected chi connectivity index (χ2v) is 8.19. The number of hydrogen-bond donors (Lipinski definition) is 0. The number of methoxy groups -OCH3 is 1. The Kier molecular flexibility index (Phi) is 4.55. The Morgan fingerprint density at radius 2 is 1.70 bits per heavy atom. The Balaban J connectivity index is 1.98. The van der Waals surface area contributed by atoms with Gasteiger partial charge in [-0.05, 0) is 16.4 Å². The van der Waals surface area contributed by atoms with Gasteiger partial charge in [-0.2, -0.15) is 0 Å². The SMILES string of the molecule is COC(=O)C1=C(c2ccccc2)SC(=C2SC=CS2)S1. The minimum atomic E-state index is -0.266. The third-order valence-electron chi connectivity index (χ3n) is 2.57. The predicted octanol–water partition coefficient (Wildman–Crippen LogP) is 5.09. The molecule has 0 amide bonds. The number of esters is 1. The highest BCUT2D eigenvalue weighted by molar-refractivity contribution is 8.35. The summed E-state index contributed by atoms with van der Waals surface area (Å²) in [5.74, 6) is -0.266. The van der Waals surface area contributed by atoms with Crippen molar-refractivity contribution in [1.29, 1.82) is 0 Å². The summed E-state index contributed by atoms with van der Waals surface area (Å²) in [7, 11) is 1.43. The molecule has 20 heavy (non-hydrogen) atoms. The van der Waals surface area contributed by atoms with Gasteiger partial charge >= 0.3 is 5.97 Å². The molecule has 0 bridgehead atoms. The lowest BCUT2D eigenvalue weighted by atomic mass is 10.2. The van der Waals surface area contributed by atoms with Crippen LogP contribution in [-0.2, 0) is 9.53 Å². The summed E-state index contributed by atoms with van der Waals surface area (Å²) >= 11 is 6.56. The summed E-state index contributed by atoms with van der Waals surface area (Å²) < 4.78 is 7.30. The van der Waals surface area contributed by atoms with Crippen LogP contribution < -0.4 is 0 Å². The number of carbonyl (C=O) groups excluding carboxylic acids is 1. The van der Waals surface area contributed by atoms with Crippen LogP contribution >= 0.6 is 47.0 Å². The smallest absolute Gasteiger partial charge is 0.345 e. The van der Waals surface area contributed by atoms with E-state index in [0.717, 1.165) is 14.7 Å². The van der Waals surface area contributed by atoms with Crippen LogP contribution in [0.3, 0.4) is 0 Å². The van der Waals surface area contributed by atoms with E-state index in [9.17, 15) is 4.79 Å². The molecule has 2 heterocycles. The Bertz CT molecular complexity index is 622. The third-order valence-corrected chi connectivity index (χ3v) is 7.85. The fourth-order valence-electron chi connectivity index (χ4n) is 1.69. The molecule has 1 aromatic carbocycles. The maximum absolute atomic E-state index is 12.0. The molecule has 0 unspecified atom stereocenters. The minimum Gasteiger partial charge on any atom is -0.465 e. The highest BCUT2D eigenvalue weighted by Crippen LogP contribution is 2.59. The molecule has 2 aliphatic heterocycles. The van der Waals surface area contributed by atoms with Gasteiger partial charge in [0.05, 0.1) is 15.6 Å². The van der Waals surface area contributed by atoms with E-state index < -0.39 is 0 Å². The first-order valence-corrected chi connectivity index (χ1v) is 9.15. The van der Waals surface area contributed by atoms with Crippen molar-refractivity contribution in [2.24, 2.45) is 0 Å². The number of thioether (sulfide) groups is 4. The molecular formula is C14H10O2S4. The summed E-state index contributed by atoms with van der Waals surface area (Å²) in [5.41, 5.74) is 1.06. The van der Waals surface area contributed by atoms with Crippen molar-refractivity contribution in [3.05, 3.63) is 60.1 Å². The van der Waals surface area contributed by atoms with Gasteiger partial charge in [0, 0.05) is 4.91 Å². The van der Waals surface area contributed by atoms with Crippen LogP contribution in [0.25, 0.3) is 4.91 Å². The molecule has 0 saturated carbocycles. The monoisotopic (exact) mass is 338 g/mol. The van der Waals surface area contributed by atoms with Gasteiger partial charge in [0.15, 0.2) is 0 Å².